The summed E-state index contributed by atoms with van der Waals surface area (Å²) in [5.41, 5.74) is 2.75. The van der Waals surface area contributed by atoms with Crippen molar-refractivity contribution in [3.8, 4) is 0 Å². The molecule has 1 unspecified atom stereocenters. The molecule has 8 heteroatoms. The van der Waals surface area contributed by atoms with Crippen LogP contribution in [0.1, 0.15) is 30.6 Å². The van der Waals surface area contributed by atoms with Gasteiger partial charge in [0.1, 0.15) is 4.90 Å². The number of sulfone groups is 1. The van der Waals surface area contributed by atoms with Crippen molar-refractivity contribution in [2.24, 2.45) is 0 Å². The minimum Gasteiger partial charge on any atom is -0.349 e. The highest BCUT2D eigenvalue weighted by Gasteiger charge is 2.26. The summed E-state index contributed by atoms with van der Waals surface area (Å²) in [4.78, 5) is 6.96. The van der Waals surface area contributed by atoms with Crippen LogP contribution in [0.15, 0.2) is 41.8 Å². The lowest BCUT2D eigenvalue weighted by molar-refractivity contribution is 0.144. The molecule has 0 aromatic carbocycles. The maximum absolute atomic E-state index is 11.8. The number of hydrogen-bond acceptors (Lipinski definition) is 5. The van der Waals surface area contributed by atoms with Crippen molar-refractivity contribution in [2.75, 3.05) is 12.8 Å². The predicted octanol–water partition coefficient (Wildman–Crippen LogP) is 1.90. The van der Waals surface area contributed by atoms with Crippen molar-refractivity contribution < 1.29 is 8.42 Å². The second-order valence-electron chi connectivity index (χ2n) is 6.53. The molecule has 25 heavy (non-hydrogen) atoms. The van der Waals surface area contributed by atoms with Gasteiger partial charge < -0.3 is 4.57 Å². The van der Waals surface area contributed by atoms with Crippen LogP contribution in [-0.2, 0) is 22.9 Å². The SMILES string of the molecule is CCC1c2cccn2CCN1Cc1cnc2c(S(C)(=O)=O)cnn2c1. The van der Waals surface area contributed by atoms with Crippen LogP contribution in [-0.4, -0.2) is 45.3 Å². The molecule has 0 radical (unpaired) electrons. The van der Waals surface area contributed by atoms with Gasteiger partial charge in [0.2, 0.25) is 0 Å². The summed E-state index contributed by atoms with van der Waals surface area (Å²) in [6.07, 6.45) is 9.35. The normalized spacial score (nSPS) is 18.6. The Morgan fingerprint density at radius 1 is 1.28 bits per heavy atom. The smallest absolute Gasteiger partial charge is 0.180 e. The molecule has 0 saturated heterocycles. The predicted molar refractivity (Wildman–Crippen MR) is 94.0 cm³/mol. The number of rotatable bonds is 4. The Balaban J connectivity index is 1.63. The number of nitrogens with zero attached hydrogens (tertiary/aromatic N) is 5. The molecule has 4 heterocycles. The van der Waals surface area contributed by atoms with Gasteiger partial charge in [-0.05, 0) is 18.6 Å². The molecule has 0 fully saturated rings. The minimum absolute atomic E-state index is 0.168. The Labute approximate surface area is 146 Å². The van der Waals surface area contributed by atoms with Crippen molar-refractivity contribution in [2.45, 2.75) is 37.4 Å². The number of fused-ring (bicyclic) bond motifs is 2. The van der Waals surface area contributed by atoms with E-state index in [9.17, 15) is 8.42 Å². The summed E-state index contributed by atoms with van der Waals surface area (Å²) >= 11 is 0. The minimum atomic E-state index is -3.32. The van der Waals surface area contributed by atoms with Crippen molar-refractivity contribution in [1.29, 1.82) is 0 Å². The topological polar surface area (TPSA) is 72.5 Å². The van der Waals surface area contributed by atoms with E-state index in [1.165, 1.54) is 18.1 Å². The van der Waals surface area contributed by atoms with Crippen LogP contribution in [0.4, 0.5) is 0 Å². The summed E-state index contributed by atoms with van der Waals surface area (Å²) in [5.74, 6) is 0. The molecular weight excluding hydrogens is 338 g/mol. The molecule has 3 aromatic heterocycles. The molecule has 1 aliphatic rings. The average Bonchev–Trinajstić information content (AvgIpc) is 3.20. The molecule has 0 N–H and O–H groups in total. The molecule has 1 aliphatic heterocycles. The standard InChI is InChI=1S/C17H21N5O2S/c1-3-14-15-5-4-6-20(15)7-8-21(14)11-13-9-18-17-16(25(2,23)24)10-19-22(17)12-13/h4-6,9-10,12,14H,3,7-8,11H2,1-2H3. The molecule has 0 bridgehead atoms. The zero-order valence-corrected chi connectivity index (χ0v) is 15.1. The van der Waals surface area contributed by atoms with E-state index < -0.39 is 9.84 Å². The summed E-state index contributed by atoms with van der Waals surface area (Å²) in [7, 11) is -3.32. The zero-order valence-electron chi connectivity index (χ0n) is 14.3. The molecule has 3 aromatic rings. The number of hydrogen-bond donors (Lipinski definition) is 0. The fourth-order valence-electron chi connectivity index (χ4n) is 3.64. The molecule has 0 amide bonds. The third-order valence-electron chi connectivity index (χ3n) is 4.82. The quantitative estimate of drug-likeness (QED) is 0.711. The third-order valence-corrected chi connectivity index (χ3v) is 5.91. The van der Waals surface area contributed by atoms with Gasteiger partial charge in [-0.2, -0.15) is 5.10 Å². The fraction of sp³-hybridized carbons (Fsp3) is 0.412. The molecule has 0 aliphatic carbocycles. The summed E-state index contributed by atoms with van der Waals surface area (Å²) < 4.78 is 27.4. The van der Waals surface area contributed by atoms with Gasteiger partial charge in [0.05, 0.1) is 12.2 Å². The van der Waals surface area contributed by atoms with Gasteiger partial charge in [-0.15, -0.1) is 0 Å². The Bertz CT molecular complexity index is 1020. The van der Waals surface area contributed by atoms with Crippen LogP contribution in [0.3, 0.4) is 0 Å². The lowest BCUT2D eigenvalue weighted by Crippen LogP contribution is -2.37. The first-order valence-electron chi connectivity index (χ1n) is 8.39. The number of aromatic nitrogens is 4. The van der Waals surface area contributed by atoms with E-state index in [0.717, 1.165) is 31.6 Å². The van der Waals surface area contributed by atoms with Crippen LogP contribution >= 0.6 is 0 Å². The van der Waals surface area contributed by atoms with Gasteiger partial charge in [-0.1, -0.05) is 6.92 Å². The van der Waals surface area contributed by atoms with Crippen LogP contribution in [0, 0.1) is 0 Å². The Morgan fingerprint density at radius 3 is 2.88 bits per heavy atom. The first-order valence-corrected chi connectivity index (χ1v) is 10.3. The summed E-state index contributed by atoms with van der Waals surface area (Å²) in [6, 6.07) is 4.67. The van der Waals surface area contributed by atoms with E-state index in [1.54, 1.807) is 10.7 Å². The van der Waals surface area contributed by atoms with Crippen molar-refractivity contribution >= 4 is 15.5 Å². The first kappa shape index (κ1) is 16.3. The average molecular weight is 359 g/mol. The van der Waals surface area contributed by atoms with Gasteiger partial charge in [-0.3, -0.25) is 4.90 Å². The third kappa shape index (κ3) is 2.85. The van der Waals surface area contributed by atoms with E-state index in [4.69, 9.17) is 0 Å². The van der Waals surface area contributed by atoms with Gasteiger partial charge in [0.25, 0.3) is 0 Å². The van der Waals surface area contributed by atoms with Gasteiger partial charge >= 0.3 is 0 Å². The van der Waals surface area contributed by atoms with Crippen LogP contribution in [0.25, 0.3) is 5.65 Å². The first-order chi connectivity index (χ1) is 12.0. The fourth-order valence-corrected chi connectivity index (χ4v) is 4.35. The van der Waals surface area contributed by atoms with Crippen molar-refractivity contribution in [3.63, 3.8) is 0 Å². The monoisotopic (exact) mass is 359 g/mol. The summed E-state index contributed by atoms with van der Waals surface area (Å²) in [6.45, 7) is 4.93. The van der Waals surface area contributed by atoms with Crippen LogP contribution in [0.2, 0.25) is 0 Å². The second kappa shape index (κ2) is 5.96. The Kier molecular flexibility index (Phi) is 3.88. The highest BCUT2D eigenvalue weighted by atomic mass is 32.2. The second-order valence-corrected chi connectivity index (χ2v) is 8.52. The highest BCUT2D eigenvalue weighted by Crippen LogP contribution is 2.30. The molecular formula is C17H21N5O2S. The van der Waals surface area contributed by atoms with Gasteiger partial charge in [0, 0.05) is 55.7 Å². The highest BCUT2D eigenvalue weighted by molar-refractivity contribution is 7.90. The molecule has 1 atom stereocenters. The lowest BCUT2D eigenvalue weighted by Gasteiger charge is -2.36. The largest absolute Gasteiger partial charge is 0.349 e. The summed E-state index contributed by atoms with van der Waals surface area (Å²) in [5, 5.41) is 4.16. The van der Waals surface area contributed by atoms with Gasteiger partial charge in [0.15, 0.2) is 15.5 Å². The lowest BCUT2D eigenvalue weighted by atomic mass is 10.1. The van der Waals surface area contributed by atoms with E-state index in [-0.39, 0.29) is 4.90 Å². The van der Waals surface area contributed by atoms with Crippen molar-refractivity contribution in [1.82, 2.24) is 24.1 Å². The molecule has 0 saturated carbocycles. The maximum atomic E-state index is 11.8. The van der Waals surface area contributed by atoms with E-state index in [0.29, 0.717) is 11.7 Å². The Morgan fingerprint density at radius 2 is 2.12 bits per heavy atom. The zero-order chi connectivity index (χ0) is 17.6. The molecule has 4 rings (SSSR count). The molecule has 0 spiro atoms. The molecule has 132 valence electrons. The molecule has 7 nitrogen and oxygen atoms in total. The van der Waals surface area contributed by atoms with E-state index >= 15 is 0 Å². The Hall–Kier alpha value is -2.19. The van der Waals surface area contributed by atoms with Crippen LogP contribution < -0.4 is 0 Å². The van der Waals surface area contributed by atoms with E-state index in [2.05, 4.69) is 44.8 Å². The maximum Gasteiger partial charge on any atom is 0.180 e. The van der Waals surface area contributed by atoms with Crippen molar-refractivity contribution in [3.05, 3.63) is 48.2 Å². The van der Waals surface area contributed by atoms with E-state index in [1.807, 2.05) is 6.20 Å². The van der Waals surface area contributed by atoms with Crippen LogP contribution in [0.5, 0.6) is 0 Å². The van der Waals surface area contributed by atoms with Gasteiger partial charge in [-0.25, -0.2) is 17.9 Å².